The van der Waals surface area contributed by atoms with E-state index in [1.54, 1.807) is 33.7 Å². The monoisotopic (exact) mass is 457 g/mol. The summed E-state index contributed by atoms with van der Waals surface area (Å²) < 4.78 is 1.64. The predicted octanol–water partition coefficient (Wildman–Crippen LogP) is 4.98. The third-order valence-corrected chi connectivity index (χ3v) is 7.92. The number of nitrogens with zero attached hydrogens (tertiary/aromatic N) is 2. The van der Waals surface area contributed by atoms with Gasteiger partial charge in [0.2, 0.25) is 5.91 Å². The summed E-state index contributed by atoms with van der Waals surface area (Å²) in [5.41, 5.74) is 1.93. The van der Waals surface area contributed by atoms with Crippen LogP contribution in [-0.4, -0.2) is 27.5 Å². The zero-order valence-electron chi connectivity index (χ0n) is 16.8. The lowest BCUT2D eigenvalue weighted by molar-refractivity contribution is -0.113. The molecule has 1 aromatic carbocycles. The number of hydrogen-bond acceptors (Lipinski definition) is 6. The normalized spacial score (nSPS) is 13.2. The van der Waals surface area contributed by atoms with Gasteiger partial charge < -0.3 is 5.32 Å². The molecule has 156 valence electrons. The number of amides is 1. The molecule has 1 aliphatic rings. The van der Waals surface area contributed by atoms with Crippen molar-refractivity contribution in [3.63, 3.8) is 0 Å². The average Bonchev–Trinajstić information content (AvgIpc) is 3.13. The average molecular weight is 458 g/mol. The number of aromatic nitrogens is 2. The summed E-state index contributed by atoms with van der Waals surface area (Å²) in [6, 6.07) is 7.74. The van der Waals surface area contributed by atoms with E-state index in [1.165, 1.54) is 28.6 Å². The van der Waals surface area contributed by atoms with Crippen molar-refractivity contribution < 1.29 is 4.79 Å². The van der Waals surface area contributed by atoms with Crippen LogP contribution in [0.5, 0.6) is 0 Å². The van der Waals surface area contributed by atoms with Crippen molar-refractivity contribution in [3.05, 3.63) is 57.7 Å². The number of thiophene rings is 1. The zero-order valence-corrected chi connectivity index (χ0v) is 19.2. The SMILES string of the molecule is C=CCn1c(SCC(=O)Nc2cccc(SC)c2)nc2sc3c(c2c1=O)CCCC3. The van der Waals surface area contributed by atoms with Gasteiger partial charge in [0, 0.05) is 22.0 Å². The smallest absolute Gasteiger partial charge is 0.263 e. The van der Waals surface area contributed by atoms with Crippen molar-refractivity contribution >= 4 is 56.7 Å². The lowest BCUT2D eigenvalue weighted by Crippen LogP contribution is -2.24. The lowest BCUT2D eigenvalue weighted by atomic mass is 9.97. The Hall–Kier alpha value is -2.03. The van der Waals surface area contributed by atoms with Crippen LogP contribution in [0.4, 0.5) is 5.69 Å². The van der Waals surface area contributed by atoms with Gasteiger partial charge in [0.15, 0.2) is 5.16 Å². The highest BCUT2D eigenvalue weighted by Gasteiger charge is 2.22. The van der Waals surface area contributed by atoms with Crippen LogP contribution in [0, 0.1) is 0 Å². The number of anilines is 1. The number of carbonyl (C=O) groups excluding carboxylic acids is 1. The highest BCUT2D eigenvalue weighted by atomic mass is 32.2. The van der Waals surface area contributed by atoms with Gasteiger partial charge in [-0.15, -0.1) is 29.7 Å². The Morgan fingerprint density at radius 2 is 2.20 bits per heavy atom. The third kappa shape index (κ3) is 4.36. The zero-order chi connectivity index (χ0) is 21.1. The summed E-state index contributed by atoms with van der Waals surface area (Å²) in [5.74, 6) is 0.0622. The van der Waals surface area contributed by atoms with Crippen LogP contribution in [0.1, 0.15) is 23.3 Å². The molecule has 1 amide bonds. The Balaban J connectivity index is 1.58. The second kappa shape index (κ2) is 9.41. The number of rotatable bonds is 7. The second-order valence-electron chi connectivity index (χ2n) is 7.06. The number of aryl methyl sites for hydroxylation is 2. The first kappa shape index (κ1) is 21.2. The van der Waals surface area contributed by atoms with E-state index in [2.05, 4.69) is 11.9 Å². The summed E-state index contributed by atoms with van der Waals surface area (Å²) in [7, 11) is 0. The molecule has 5 nitrogen and oxygen atoms in total. The number of nitrogens with one attached hydrogen (secondary N) is 1. The lowest BCUT2D eigenvalue weighted by Gasteiger charge is -2.12. The van der Waals surface area contributed by atoms with E-state index in [0.29, 0.717) is 11.7 Å². The molecule has 1 N–H and O–H groups in total. The summed E-state index contributed by atoms with van der Waals surface area (Å²) in [5, 5.41) is 4.26. The molecule has 2 aromatic heterocycles. The number of benzene rings is 1. The fraction of sp³-hybridized carbons (Fsp3) is 0.318. The van der Waals surface area contributed by atoms with Gasteiger partial charge in [-0.1, -0.05) is 23.9 Å². The van der Waals surface area contributed by atoms with Crippen LogP contribution in [0.25, 0.3) is 10.2 Å². The number of thioether (sulfide) groups is 2. The van der Waals surface area contributed by atoms with Crippen molar-refractivity contribution in [1.82, 2.24) is 9.55 Å². The van der Waals surface area contributed by atoms with Gasteiger partial charge in [-0.2, -0.15) is 0 Å². The molecule has 30 heavy (non-hydrogen) atoms. The summed E-state index contributed by atoms with van der Waals surface area (Å²) in [6.45, 7) is 4.17. The number of fused-ring (bicyclic) bond motifs is 3. The molecule has 0 atom stereocenters. The standard InChI is InChI=1S/C22H23N3O2S3/c1-3-11-25-21(27)19-16-9-4-5-10-17(16)30-20(19)24-22(25)29-13-18(26)23-14-7-6-8-15(12-14)28-2/h3,6-8,12H,1,4-5,9-11,13H2,2H3,(H,23,26). The van der Waals surface area contributed by atoms with Gasteiger partial charge in [-0.3, -0.25) is 14.2 Å². The van der Waals surface area contributed by atoms with Crippen molar-refractivity contribution in [2.75, 3.05) is 17.3 Å². The van der Waals surface area contributed by atoms with Crippen molar-refractivity contribution in [2.24, 2.45) is 0 Å². The van der Waals surface area contributed by atoms with Gasteiger partial charge in [0.05, 0.1) is 11.1 Å². The summed E-state index contributed by atoms with van der Waals surface area (Å²) in [4.78, 5) is 33.7. The number of allylic oxidation sites excluding steroid dienone is 1. The molecule has 0 bridgehead atoms. The quantitative estimate of drug-likeness (QED) is 0.308. The minimum atomic E-state index is -0.122. The van der Waals surface area contributed by atoms with Crippen molar-refractivity contribution in [3.8, 4) is 0 Å². The van der Waals surface area contributed by atoms with Crippen LogP contribution >= 0.6 is 34.9 Å². The third-order valence-electron chi connectivity index (χ3n) is 5.04. The Labute approximate surface area is 188 Å². The van der Waals surface area contributed by atoms with Gasteiger partial charge in [-0.25, -0.2) is 4.98 Å². The first-order valence-electron chi connectivity index (χ1n) is 9.83. The van der Waals surface area contributed by atoms with Crippen molar-refractivity contribution in [2.45, 2.75) is 42.3 Å². The minimum Gasteiger partial charge on any atom is -0.325 e. The van der Waals surface area contributed by atoms with Gasteiger partial charge in [-0.05, 0) is 55.7 Å². The van der Waals surface area contributed by atoms with E-state index in [0.717, 1.165) is 40.1 Å². The highest BCUT2D eigenvalue weighted by Crippen LogP contribution is 2.34. The molecule has 0 unspecified atom stereocenters. The molecule has 0 fully saturated rings. The molecule has 0 spiro atoms. The minimum absolute atomic E-state index is 0.0186. The fourth-order valence-corrected chi connectivity index (χ4v) is 6.22. The second-order valence-corrected chi connectivity index (χ2v) is 9.96. The Morgan fingerprint density at radius 3 is 3.00 bits per heavy atom. The van der Waals surface area contributed by atoms with E-state index in [9.17, 15) is 9.59 Å². The van der Waals surface area contributed by atoms with Gasteiger partial charge in [0.25, 0.3) is 5.56 Å². The van der Waals surface area contributed by atoms with Crippen LogP contribution < -0.4 is 10.9 Å². The number of hydrogen-bond donors (Lipinski definition) is 1. The maximum Gasteiger partial charge on any atom is 0.263 e. The molecule has 0 aliphatic heterocycles. The van der Waals surface area contributed by atoms with Crippen LogP contribution in [-0.2, 0) is 24.2 Å². The molecule has 3 aromatic rings. The largest absolute Gasteiger partial charge is 0.325 e. The molecule has 2 heterocycles. The van der Waals surface area contributed by atoms with E-state index in [-0.39, 0.29) is 17.2 Å². The maximum absolute atomic E-state index is 13.2. The van der Waals surface area contributed by atoms with Gasteiger partial charge >= 0.3 is 0 Å². The molecule has 4 rings (SSSR count). The molecule has 1 aliphatic carbocycles. The highest BCUT2D eigenvalue weighted by molar-refractivity contribution is 7.99. The first-order valence-corrected chi connectivity index (χ1v) is 12.9. The molecular weight excluding hydrogens is 434 g/mol. The molecular formula is C22H23N3O2S3. The Bertz CT molecular complexity index is 1170. The Kier molecular flexibility index (Phi) is 6.65. The molecule has 0 saturated carbocycles. The van der Waals surface area contributed by atoms with E-state index < -0.39 is 0 Å². The van der Waals surface area contributed by atoms with Crippen LogP contribution in [0.2, 0.25) is 0 Å². The summed E-state index contributed by atoms with van der Waals surface area (Å²) >= 11 is 4.55. The predicted molar refractivity (Wildman–Crippen MR) is 128 cm³/mol. The van der Waals surface area contributed by atoms with Crippen LogP contribution in [0.15, 0.2) is 51.8 Å². The van der Waals surface area contributed by atoms with Crippen molar-refractivity contribution in [1.29, 1.82) is 0 Å². The molecule has 8 heteroatoms. The van der Waals surface area contributed by atoms with Crippen LogP contribution in [0.3, 0.4) is 0 Å². The topological polar surface area (TPSA) is 64.0 Å². The fourth-order valence-electron chi connectivity index (χ4n) is 3.65. The maximum atomic E-state index is 13.2. The molecule has 0 saturated heterocycles. The van der Waals surface area contributed by atoms with E-state index >= 15 is 0 Å². The van der Waals surface area contributed by atoms with Gasteiger partial charge in [0.1, 0.15) is 4.83 Å². The summed E-state index contributed by atoms with van der Waals surface area (Å²) in [6.07, 6.45) is 7.96. The van der Waals surface area contributed by atoms with E-state index in [1.807, 2.05) is 30.5 Å². The molecule has 0 radical (unpaired) electrons. The van der Waals surface area contributed by atoms with E-state index in [4.69, 9.17) is 4.98 Å². The number of carbonyl (C=O) groups is 1. The Morgan fingerprint density at radius 1 is 1.37 bits per heavy atom. The first-order chi connectivity index (χ1) is 14.6.